The van der Waals surface area contributed by atoms with Gasteiger partial charge in [0.05, 0.1) is 13.2 Å². The van der Waals surface area contributed by atoms with Gasteiger partial charge in [0.1, 0.15) is 5.82 Å². The Kier molecular flexibility index (Phi) is 5.67. The summed E-state index contributed by atoms with van der Waals surface area (Å²) in [6.07, 6.45) is 1.86. The van der Waals surface area contributed by atoms with Crippen LogP contribution in [0.15, 0.2) is 42.6 Å². The molecule has 0 aliphatic carbocycles. The Labute approximate surface area is 144 Å². The molecule has 128 valence electrons. The molecule has 1 fully saturated rings. The molecular weight excluding hydrogens is 300 g/mol. The Morgan fingerprint density at radius 2 is 1.75 bits per heavy atom. The molecule has 1 aliphatic rings. The predicted octanol–water partition coefficient (Wildman–Crippen LogP) is 2.27. The van der Waals surface area contributed by atoms with Gasteiger partial charge in [0.25, 0.3) is 0 Å². The van der Waals surface area contributed by atoms with Gasteiger partial charge in [0.2, 0.25) is 0 Å². The highest BCUT2D eigenvalue weighted by atomic mass is 16.5. The van der Waals surface area contributed by atoms with Gasteiger partial charge in [0.15, 0.2) is 0 Å². The van der Waals surface area contributed by atoms with Crippen LogP contribution in [0.3, 0.4) is 0 Å². The molecular formula is C19H26N4O. The van der Waals surface area contributed by atoms with Gasteiger partial charge in [-0.25, -0.2) is 4.98 Å². The molecule has 0 amide bonds. The summed E-state index contributed by atoms with van der Waals surface area (Å²) in [6, 6.07) is 13.0. The smallest absolute Gasteiger partial charge is 0.128 e. The van der Waals surface area contributed by atoms with Crippen molar-refractivity contribution in [1.29, 1.82) is 0 Å². The molecule has 0 saturated carbocycles. The number of rotatable bonds is 6. The van der Waals surface area contributed by atoms with Crippen LogP contribution in [-0.4, -0.2) is 45.4 Å². The van der Waals surface area contributed by atoms with E-state index in [4.69, 9.17) is 4.74 Å². The van der Waals surface area contributed by atoms with Gasteiger partial charge in [-0.1, -0.05) is 12.1 Å². The maximum Gasteiger partial charge on any atom is 0.128 e. The topological polar surface area (TPSA) is 40.6 Å². The van der Waals surface area contributed by atoms with Crippen molar-refractivity contribution < 1.29 is 4.74 Å². The number of nitrogens with one attached hydrogen (secondary N) is 1. The lowest BCUT2D eigenvalue weighted by atomic mass is 10.2. The van der Waals surface area contributed by atoms with Crippen LogP contribution in [0.1, 0.15) is 11.1 Å². The van der Waals surface area contributed by atoms with Crippen LogP contribution in [0.2, 0.25) is 0 Å². The maximum absolute atomic E-state index is 5.40. The SMILES string of the molecule is CN(C)c1cc(CNCc2ccc(N3CCOCC3)cc2)ccn1. The molecule has 1 aromatic carbocycles. The Bertz CT molecular complexity index is 636. The highest BCUT2D eigenvalue weighted by Crippen LogP contribution is 2.17. The van der Waals surface area contributed by atoms with Crippen LogP contribution >= 0.6 is 0 Å². The Balaban J connectivity index is 1.50. The van der Waals surface area contributed by atoms with E-state index in [0.29, 0.717) is 0 Å². The van der Waals surface area contributed by atoms with Crippen LogP contribution in [0.25, 0.3) is 0 Å². The molecule has 1 aromatic heterocycles. The molecule has 3 rings (SSSR count). The van der Waals surface area contributed by atoms with Gasteiger partial charge < -0.3 is 19.9 Å². The van der Waals surface area contributed by atoms with Crippen LogP contribution in [0, 0.1) is 0 Å². The van der Waals surface area contributed by atoms with Crippen molar-refractivity contribution in [1.82, 2.24) is 10.3 Å². The van der Waals surface area contributed by atoms with Gasteiger partial charge in [-0.2, -0.15) is 0 Å². The molecule has 0 radical (unpaired) electrons. The molecule has 2 heterocycles. The average molecular weight is 326 g/mol. The summed E-state index contributed by atoms with van der Waals surface area (Å²) in [5, 5.41) is 3.50. The third-order valence-electron chi connectivity index (χ3n) is 4.24. The van der Waals surface area contributed by atoms with Crippen LogP contribution in [0.5, 0.6) is 0 Å². The molecule has 1 N–H and O–H groups in total. The summed E-state index contributed by atoms with van der Waals surface area (Å²) >= 11 is 0. The third kappa shape index (κ3) is 4.46. The van der Waals surface area contributed by atoms with Gasteiger partial charge in [0, 0.05) is 52.2 Å². The number of hydrogen-bond acceptors (Lipinski definition) is 5. The van der Waals surface area contributed by atoms with E-state index in [9.17, 15) is 0 Å². The first-order chi connectivity index (χ1) is 11.7. The normalized spacial score (nSPS) is 14.7. The van der Waals surface area contributed by atoms with Crippen molar-refractivity contribution in [3.63, 3.8) is 0 Å². The van der Waals surface area contributed by atoms with E-state index in [1.807, 2.05) is 25.2 Å². The van der Waals surface area contributed by atoms with E-state index in [-0.39, 0.29) is 0 Å². The second kappa shape index (κ2) is 8.13. The van der Waals surface area contributed by atoms with E-state index in [1.165, 1.54) is 16.8 Å². The average Bonchev–Trinajstić information content (AvgIpc) is 2.63. The van der Waals surface area contributed by atoms with Gasteiger partial charge in [-0.05, 0) is 35.4 Å². The van der Waals surface area contributed by atoms with E-state index in [2.05, 4.69) is 51.6 Å². The third-order valence-corrected chi connectivity index (χ3v) is 4.24. The van der Waals surface area contributed by atoms with E-state index < -0.39 is 0 Å². The lowest BCUT2D eigenvalue weighted by Crippen LogP contribution is -2.36. The molecule has 0 spiro atoms. The molecule has 5 nitrogen and oxygen atoms in total. The van der Waals surface area contributed by atoms with Crippen LogP contribution in [0.4, 0.5) is 11.5 Å². The number of aromatic nitrogens is 1. The van der Waals surface area contributed by atoms with E-state index >= 15 is 0 Å². The molecule has 0 bridgehead atoms. The zero-order valence-corrected chi connectivity index (χ0v) is 14.5. The highest BCUT2D eigenvalue weighted by Gasteiger charge is 2.10. The second-order valence-corrected chi connectivity index (χ2v) is 6.29. The van der Waals surface area contributed by atoms with Crippen molar-refractivity contribution >= 4 is 11.5 Å². The number of morpholine rings is 1. The summed E-state index contributed by atoms with van der Waals surface area (Å²) in [7, 11) is 4.02. The Morgan fingerprint density at radius 1 is 1.04 bits per heavy atom. The summed E-state index contributed by atoms with van der Waals surface area (Å²) in [5.41, 5.74) is 3.83. The fourth-order valence-electron chi connectivity index (χ4n) is 2.81. The zero-order chi connectivity index (χ0) is 16.8. The Morgan fingerprint density at radius 3 is 2.46 bits per heavy atom. The minimum atomic E-state index is 0.824. The largest absolute Gasteiger partial charge is 0.378 e. The van der Waals surface area contributed by atoms with E-state index in [1.54, 1.807) is 0 Å². The van der Waals surface area contributed by atoms with E-state index in [0.717, 1.165) is 45.2 Å². The summed E-state index contributed by atoms with van der Waals surface area (Å²) in [4.78, 5) is 8.74. The summed E-state index contributed by atoms with van der Waals surface area (Å²) in [6.45, 7) is 5.31. The quantitative estimate of drug-likeness (QED) is 0.882. The van der Waals surface area contributed by atoms with Crippen molar-refractivity contribution in [2.24, 2.45) is 0 Å². The number of hydrogen-bond donors (Lipinski definition) is 1. The molecule has 1 saturated heterocycles. The Hall–Kier alpha value is -2.11. The van der Waals surface area contributed by atoms with Crippen molar-refractivity contribution in [3.05, 3.63) is 53.7 Å². The number of benzene rings is 1. The molecule has 0 atom stereocenters. The summed E-state index contributed by atoms with van der Waals surface area (Å²) < 4.78 is 5.40. The predicted molar refractivity (Wildman–Crippen MR) is 98.6 cm³/mol. The maximum atomic E-state index is 5.40. The number of anilines is 2. The minimum absolute atomic E-state index is 0.824. The van der Waals surface area contributed by atoms with Gasteiger partial charge in [-0.15, -0.1) is 0 Å². The molecule has 0 unspecified atom stereocenters. The first-order valence-corrected chi connectivity index (χ1v) is 8.47. The van der Waals surface area contributed by atoms with Crippen molar-refractivity contribution in [2.45, 2.75) is 13.1 Å². The fraction of sp³-hybridized carbons (Fsp3) is 0.421. The standard InChI is InChI=1S/C19H26N4O/c1-22(2)19-13-17(7-8-21-19)15-20-14-16-3-5-18(6-4-16)23-9-11-24-12-10-23/h3-8,13,20H,9-12,14-15H2,1-2H3. The second-order valence-electron chi connectivity index (χ2n) is 6.29. The number of ether oxygens (including phenoxy) is 1. The minimum Gasteiger partial charge on any atom is -0.378 e. The van der Waals surface area contributed by atoms with Crippen molar-refractivity contribution in [3.8, 4) is 0 Å². The monoisotopic (exact) mass is 326 g/mol. The lowest BCUT2D eigenvalue weighted by molar-refractivity contribution is 0.122. The first-order valence-electron chi connectivity index (χ1n) is 8.47. The molecule has 1 aliphatic heterocycles. The summed E-state index contributed by atoms with van der Waals surface area (Å²) in [5.74, 6) is 0.990. The zero-order valence-electron chi connectivity index (χ0n) is 14.5. The fourth-order valence-corrected chi connectivity index (χ4v) is 2.81. The van der Waals surface area contributed by atoms with Gasteiger partial charge in [-0.3, -0.25) is 0 Å². The number of nitrogens with zero attached hydrogens (tertiary/aromatic N) is 3. The highest BCUT2D eigenvalue weighted by molar-refractivity contribution is 5.48. The van der Waals surface area contributed by atoms with Crippen molar-refractivity contribution in [2.75, 3.05) is 50.2 Å². The lowest BCUT2D eigenvalue weighted by Gasteiger charge is -2.28. The number of pyridine rings is 1. The first kappa shape index (κ1) is 16.7. The molecule has 24 heavy (non-hydrogen) atoms. The van der Waals surface area contributed by atoms with Crippen LogP contribution < -0.4 is 15.1 Å². The van der Waals surface area contributed by atoms with Crippen LogP contribution in [-0.2, 0) is 17.8 Å². The van der Waals surface area contributed by atoms with Gasteiger partial charge >= 0.3 is 0 Å². The molecule has 5 heteroatoms. The molecule has 2 aromatic rings.